The molecule has 0 saturated heterocycles. The number of aldehydes is 1. The van der Waals surface area contributed by atoms with Crippen LogP contribution in [0.25, 0.3) is 0 Å². The Labute approximate surface area is 61.6 Å². The number of hydrogen-bond donors (Lipinski definition) is 0. The Hall–Kier alpha value is -0.660. The van der Waals surface area contributed by atoms with E-state index in [0.29, 0.717) is 12.8 Å². The molecule has 0 fully saturated rings. The molecule has 0 heterocycles. The molecule has 10 heavy (non-hydrogen) atoms. The van der Waals surface area contributed by atoms with Crippen molar-refractivity contribution in [2.45, 2.75) is 33.6 Å². The summed E-state index contributed by atoms with van der Waals surface area (Å²) in [6.07, 6.45) is 1.99. The molecule has 0 N–H and O–H groups in total. The summed E-state index contributed by atoms with van der Waals surface area (Å²) >= 11 is 0. The zero-order chi connectivity index (χ0) is 8.20. The number of hydrogen-bond acceptors (Lipinski definition) is 2. The quantitative estimate of drug-likeness (QED) is 0.558. The van der Waals surface area contributed by atoms with Crippen LogP contribution in [0.3, 0.4) is 0 Å². The predicted molar refractivity (Wildman–Crippen MR) is 39.8 cm³/mol. The van der Waals surface area contributed by atoms with Gasteiger partial charge in [0.1, 0.15) is 12.1 Å². The molecule has 0 atom stereocenters. The molecule has 0 aliphatic rings. The van der Waals surface area contributed by atoms with Crippen LogP contribution in [0.15, 0.2) is 0 Å². The van der Waals surface area contributed by atoms with E-state index in [-0.39, 0.29) is 11.2 Å². The summed E-state index contributed by atoms with van der Waals surface area (Å²) in [4.78, 5) is 20.8. The predicted octanol–water partition coefficient (Wildman–Crippen LogP) is 1.58. The van der Waals surface area contributed by atoms with Crippen molar-refractivity contribution in [3.05, 3.63) is 0 Å². The first-order valence-corrected chi connectivity index (χ1v) is 3.45. The highest BCUT2D eigenvalue weighted by Gasteiger charge is 2.22. The first-order valence-electron chi connectivity index (χ1n) is 3.45. The molecule has 0 aliphatic carbocycles. The van der Waals surface area contributed by atoms with Gasteiger partial charge in [-0.15, -0.1) is 0 Å². The SMILES string of the molecule is CC(=O)C(C)(C)CCC=O. The summed E-state index contributed by atoms with van der Waals surface area (Å²) in [5.74, 6) is 0.148. The molecule has 58 valence electrons. The fourth-order valence-electron chi connectivity index (χ4n) is 0.596. The van der Waals surface area contributed by atoms with Crippen molar-refractivity contribution in [2.24, 2.45) is 5.41 Å². The van der Waals surface area contributed by atoms with E-state index in [1.165, 1.54) is 0 Å². The van der Waals surface area contributed by atoms with E-state index < -0.39 is 0 Å². The van der Waals surface area contributed by atoms with Gasteiger partial charge in [-0.05, 0) is 13.3 Å². The van der Waals surface area contributed by atoms with E-state index in [9.17, 15) is 9.59 Å². The van der Waals surface area contributed by atoms with Crippen molar-refractivity contribution < 1.29 is 9.59 Å². The molecule has 0 aromatic heterocycles. The number of carbonyl (C=O) groups excluding carboxylic acids is 2. The van der Waals surface area contributed by atoms with Crippen LogP contribution >= 0.6 is 0 Å². The van der Waals surface area contributed by atoms with E-state index in [2.05, 4.69) is 0 Å². The maximum atomic E-state index is 10.9. The third-order valence-corrected chi connectivity index (χ3v) is 1.84. The van der Waals surface area contributed by atoms with Crippen molar-refractivity contribution in [1.82, 2.24) is 0 Å². The third kappa shape index (κ3) is 2.76. The van der Waals surface area contributed by atoms with Crippen molar-refractivity contribution in [1.29, 1.82) is 0 Å². The van der Waals surface area contributed by atoms with Crippen molar-refractivity contribution in [2.75, 3.05) is 0 Å². The Balaban J connectivity index is 3.86. The van der Waals surface area contributed by atoms with Gasteiger partial charge in [0, 0.05) is 11.8 Å². The zero-order valence-electron chi connectivity index (χ0n) is 6.81. The molecule has 0 aromatic carbocycles. The average molecular weight is 142 g/mol. The molecule has 2 nitrogen and oxygen atoms in total. The van der Waals surface area contributed by atoms with Gasteiger partial charge in [0.15, 0.2) is 0 Å². The van der Waals surface area contributed by atoms with Crippen LogP contribution in [0.5, 0.6) is 0 Å². The van der Waals surface area contributed by atoms with Crippen molar-refractivity contribution in [3.8, 4) is 0 Å². The lowest BCUT2D eigenvalue weighted by Gasteiger charge is -2.18. The van der Waals surface area contributed by atoms with Gasteiger partial charge in [-0.25, -0.2) is 0 Å². The van der Waals surface area contributed by atoms with E-state index >= 15 is 0 Å². The summed E-state index contributed by atoms with van der Waals surface area (Å²) in [7, 11) is 0. The van der Waals surface area contributed by atoms with Crippen molar-refractivity contribution in [3.63, 3.8) is 0 Å². The van der Waals surface area contributed by atoms with Gasteiger partial charge >= 0.3 is 0 Å². The van der Waals surface area contributed by atoms with Gasteiger partial charge in [-0.1, -0.05) is 13.8 Å². The number of Topliss-reactive ketones (excluding diaryl/α,β-unsaturated/α-hetero) is 1. The van der Waals surface area contributed by atoms with E-state index in [1.54, 1.807) is 6.92 Å². The Morgan fingerprint density at radius 2 is 2.00 bits per heavy atom. The minimum Gasteiger partial charge on any atom is -0.303 e. The van der Waals surface area contributed by atoms with Gasteiger partial charge in [0.05, 0.1) is 0 Å². The largest absolute Gasteiger partial charge is 0.303 e. The lowest BCUT2D eigenvalue weighted by molar-refractivity contribution is -0.125. The highest BCUT2D eigenvalue weighted by atomic mass is 16.1. The lowest BCUT2D eigenvalue weighted by atomic mass is 9.84. The molecule has 0 unspecified atom stereocenters. The minimum absolute atomic E-state index is 0.148. The molecule has 0 amide bonds. The summed E-state index contributed by atoms with van der Waals surface area (Å²) < 4.78 is 0. The molecule has 0 rings (SSSR count). The minimum atomic E-state index is -0.319. The van der Waals surface area contributed by atoms with Gasteiger partial charge in [-0.2, -0.15) is 0 Å². The maximum Gasteiger partial charge on any atom is 0.135 e. The smallest absolute Gasteiger partial charge is 0.135 e. The second-order valence-electron chi connectivity index (χ2n) is 3.15. The zero-order valence-corrected chi connectivity index (χ0v) is 6.81. The average Bonchev–Trinajstić information content (AvgIpc) is 1.84. The fourth-order valence-corrected chi connectivity index (χ4v) is 0.596. The Kier molecular flexibility index (Phi) is 3.26. The molecular weight excluding hydrogens is 128 g/mol. The summed E-state index contributed by atoms with van der Waals surface area (Å²) in [5, 5.41) is 0. The normalized spacial score (nSPS) is 11.1. The molecule has 2 heteroatoms. The van der Waals surface area contributed by atoms with E-state index in [0.717, 1.165) is 6.29 Å². The highest BCUT2D eigenvalue weighted by Crippen LogP contribution is 2.22. The standard InChI is InChI=1S/C8H14O2/c1-7(10)8(2,3)5-4-6-9/h6H,4-5H2,1-3H3. The summed E-state index contributed by atoms with van der Waals surface area (Å²) in [6, 6.07) is 0. The Morgan fingerprint density at radius 3 is 2.30 bits per heavy atom. The first-order chi connectivity index (χ1) is 4.50. The van der Waals surface area contributed by atoms with Crippen LogP contribution in [0.4, 0.5) is 0 Å². The van der Waals surface area contributed by atoms with E-state index in [1.807, 2.05) is 13.8 Å². The monoisotopic (exact) mass is 142 g/mol. The number of carbonyl (C=O) groups is 2. The second kappa shape index (κ2) is 3.49. The number of ketones is 1. The van der Waals surface area contributed by atoms with E-state index in [4.69, 9.17) is 0 Å². The number of rotatable bonds is 4. The van der Waals surface area contributed by atoms with Gasteiger partial charge < -0.3 is 4.79 Å². The van der Waals surface area contributed by atoms with Crippen LogP contribution in [0.1, 0.15) is 33.6 Å². The summed E-state index contributed by atoms with van der Waals surface area (Å²) in [5.41, 5.74) is -0.319. The Morgan fingerprint density at radius 1 is 1.50 bits per heavy atom. The molecule has 0 spiro atoms. The summed E-state index contributed by atoms with van der Waals surface area (Å²) in [6.45, 7) is 5.28. The van der Waals surface area contributed by atoms with Crippen LogP contribution in [0, 0.1) is 5.41 Å². The Bertz CT molecular complexity index is 136. The molecule has 0 bridgehead atoms. The van der Waals surface area contributed by atoms with Crippen LogP contribution in [-0.4, -0.2) is 12.1 Å². The van der Waals surface area contributed by atoms with Crippen LogP contribution in [0.2, 0.25) is 0 Å². The molecule has 0 aromatic rings. The molecule has 0 radical (unpaired) electrons. The maximum absolute atomic E-state index is 10.9. The highest BCUT2D eigenvalue weighted by molar-refractivity contribution is 5.81. The van der Waals surface area contributed by atoms with Crippen LogP contribution < -0.4 is 0 Å². The topological polar surface area (TPSA) is 34.1 Å². The molecule has 0 aliphatic heterocycles. The molecular formula is C8H14O2. The fraction of sp³-hybridized carbons (Fsp3) is 0.750. The first kappa shape index (κ1) is 9.34. The second-order valence-corrected chi connectivity index (χ2v) is 3.15. The van der Waals surface area contributed by atoms with Gasteiger partial charge in [-0.3, -0.25) is 4.79 Å². The lowest BCUT2D eigenvalue weighted by Crippen LogP contribution is -2.21. The van der Waals surface area contributed by atoms with Gasteiger partial charge in [0.2, 0.25) is 0 Å². The van der Waals surface area contributed by atoms with Crippen molar-refractivity contribution >= 4 is 12.1 Å². The van der Waals surface area contributed by atoms with Crippen LogP contribution in [-0.2, 0) is 9.59 Å². The van der Waals surface area contributed by atoms with Gasteiger partial charge in [0.25, 0.3) is 0 Å². The molecule has 0 saturated carbocycles. The third-order valence-electron chi connectivity index (χ3n) is 1.84.